The van der Waals surface area contributed by atoms with Crippen LogP contribution >= 0.6 is 22.6 Å². The molecule has 2 atom stereocenters. The van der Waals surface area contributed by atoms with E-state index < -0.39 is 0 Å². The van der Waals surface area contributed by atoms with Gasteiger partial charge in [0.15, 0.2) is 0 Å². The molecule has 5 heteroatoms. The molecule has 0 aromatic carbocycles. The van der Waals surface area contributed by atoms with E-state index in [1.165, 1.54) is 28.5 Å². The lowest BCUT2D eigenvalue weighted by atomic mass is 9.39. The Bertz CT molecular complexity index is 623. The predicted octanol–water partition coefficient (Wildman–Crippen LogP) is 3.88. The van der Waals surface area contributed by atoms with Gasteiger partial charge in [-0.05, 0) is 84.3 Å². The molecule has 5 rings (SSSR count). The van der Waals surface area contributed by atoms with E-state index in [2.05, 4.69) is 53.1 Å². The van der Waals surface area contributed by atoms with Crippen molar-refractivity contribution >= 4 is 22.6 Å². The average Bonchev–Trinajstić information content (AvgIpc) is 2.65. The van der Waals surface area contributed by atoms with E-state index in [4.69, 9.17) is 4.74 Å². The van der Waals surface area contributed by atoms with Gasteiger partial charge in [0.1, 0.15) is 6.79 Å². The first-order valence-corrected chi connectivity index (χ1v) is 9.71. The number of rotatable bonds is 4. The number of hydrogen-bond donors (Lipinski definition) is 1. The fourth-order valence-electron chi connectivity index (χ4n) is 7.19. The smallest absolute Gasteiger partial charge is 0.144 e. The van der Waals surface area contributed by atoms with E-state index in [0.717, 1.165) is 25.8 Å². The molecule has 23 heavy (non-hydrogen) atoms. The lowest BCUT2D eigenvalue weighted by Crippen LogP contribution is -2.64. The van der Waals surface area contributed by atoms with Gasteiger partial charge in [-0.3, -0.25) is 4.68 Å². The highest BCUT2D eigenvalue weighted by Gasteiger charge is 2.66. The van der Waals surface area contributed by atoms with E-state index in [9.17, 15) is 5.11 Å². The van der Waals surface area contributed by atoms with Crippen LogP contribution in [-0.2, 0) is 11.3 Å². The SMILES string of the molecule is Cc1c(I)cnn1CC12CC3(C)CC(C)(C1)CC(OCO)(C3)C2. The van der Waals surface area contributed by atoms with Crippen molar-refractivity contribution in [3.63, 3.8) is 0 Å². The zero-order valence-corrected chi connectivity index (χ0v) is 16.5. The molecule has 4 saturated carbocycles. The molecule has 1 N–H and O–H groups in total. The molecule has 4 aliphatic carbocycles. The summed E-state index contributed by atoms with van der Waals surface area (Å²) in [5.41, 5.74) is 2.09. The van der Waals surface area contributed by atoms with Crippen LogP contribution in [0.5, 0.6) is 0 Å². The summed E-state index contributed by atoms with van der Waals surface area (Å²) in [6.45, 7) is 7.88. The first kappa shape index (κ1) is 16.3. The zero-order chi connectivity index (χ0) is 16.5. The van der Waals surface area contributed by atoms with Gasteiger partial charge in [0.2, 0.25) is 0 Å². The second kappa shape index (κ2) is 4.94. The molecule has 0 spiro atoms. The Labute approximate surface area is 152 Å². The highest BCUT2D eigenvalue weighted by atomic mass is 127. The van der Waals surface area contributed by atoms with Gasteiger partial charge in [-0.1, -0.05) is 13.8 Å². The van der Waals surface area contributed by atoms with Gasteiger partial charge in [-0.2, -0.15) is 5.10 Å². The lowest BCUT2D eigenvalue weighted by Gasteiger charge is -2.69. The van der Waals surface area contributed by atoms with Crippen LogP contribution in [0.1, 0.15) is 58.1 Å². The summed E-state index contributed by atoms with van der Waals surface area (Å²) in [6, 6.07) is 0. The molecule has 4 nitrogen and oxygen atoms in total. The van der Waals surface area contributed by atoms with Crippen molar-refractivity contribution in [1.82, 2.24) is 9.78 Å². The van der Waals surface area contributed by atoms with Crippen LogP contribution in [0.4, 0.5) is 0 Å². The van der Waals surface area contributed by atoms with Gasteiger partial charge in [0.05, 0.1) is 15.4 Å². The van der Waals surface area contributed by atoms with Gasteiger partial charge in [-0.15, -0.1) is 0 Å². The number of aliphatic hydroxyl groups excluding tert-OH is 1. The Morgan fingerprint density at radius 1 is 1.17 bits per heavy atom. The van der Waals surface area contributed by atoms with E-state index >= 15 is 0 Å². The van der Waals surface area contributed by atoms with Crippen molar-refractivity contribution < 1.29 is 9.84 Å². The Kier molecular flexibility index (Phi) is 3.51. The maximum atomic E-state index is 9.47. The van der Waals surface area contributed by atoms with Crippen molar-refractivity contribution in [3.8, 4) is 0 Å². The molecule has 1 aromatic rings. The number of ether oxygens (including phenoxy) is 1. The first-order chi connectivity index (χ1) is 10.7. The number of aromatic nitrogens is 2. The van der Waals surface area contributed by atoms with E-state index in [-0.39, 0.29) is 17.8 Å². The quantitative estimate of drug-likeness (QED) is 0.583. The largest absolute Gasteiger partial charge is 0.371 e. The van der Waals surface area contributed by atoms with E-state index in [1.807, 2.05) is 6.20 Å². The van der Waals surface area contributed by atoms with Crippen molar-refractivity contribution in [2.45, 2.75) is 71.4 Å². The molecule has 0 amide bonds. The Morgan fingerprint density at radius 2 is 1.83 bits per heavy atom. The number of nitrogens with zero attached hydrogens (tertiary/aromatic N) is 2. The van der Waals surface area contributed by atoms with Crippen LogP contribution < -0.4 is 0 Å². The van der Waals surface area contributed by atoms with Crippen LogP contribution in [0.3, 0.4) is 0 Å². The normalized spacial score (nSPS) is 44.9. The fraction of sp³-hybridized carbons (Fsp3) is 0.833. The third-order valence-electron chi connectivity index (χ3n) is 6.55. The molecule has 4 bridgehead atoms. The fourth-order valence-corrected chi connectivity index (χ4v) is 7.59. The molecule has 2 unspecified atom stereocenters. The predicted molar refractivity (Wildman–Crippen MR) is 96.9 cm³/mol. The second-order valence-corrected chi connectivity index (χ2v) is 10.5. The molecule has 1 aromatic heterocycles. The van der Waals surface area contributed by atoms with Gasteiger partial charge in [0.25, 0.3) is 0 Å². The zero-order valence-electron chi connectivity index (χ0n) is 14.4. The van der Waals surface area contributed by atoms with Crippen LogP contribution in [0.2, 0.25) is 0 Å². The highest BCUT2D eigenvalue weighted by molar-refractivity contribution is 14.1. The summed E-state index contributed by atoms with van der Waals surface area (Å²) in [4.78, 5) is 0. The van der Waals surface area contributed by atoms with Crippen molar-refractivity contribution in [2.24, 2.45) is 16.2 Å². The maximum Gasteiger partial charge on any atom is 0.144 e. The molecule has 0 radical (unpaired) electrons. The summed E-state index contributed by atoms with van der Waals surface area (Å²) in [5.74, 6) is 0. The minimum Gasteiger partial charge on any atom is -0.371 e. The highest BCUT2D eigenvalue weighted by Crippen LogP contribution is 2.71. The summed E-state index contributed by atoms with van der Waals surface area (Å²) < 4.78 is 9.44. The van der Waals surface area contributed by atoms with Crippen molar-refractivity contribution in [3.05, 3.63) is 15.5 Å². The molecule has 128 valence electrons. The maximum absolute atomic E-state index is 9.47. The minimum absolute atomic E-state index is 0.124. The summed E-state index contributed by atoms with van der Waals surface area (Å²) in [5, 5.41) is 14.1. The van der Waals surface area contributed by atoms with Crippen LogP contribution in [0.25, 0.3) is 0 Å². The molecule has 4 fully saturated rings. The third-order valence-corrected chi connectivity index (χ3v) is 7.61. The monoisotopic (exact) mass is 430 g/mol. The van der Waals surface area contributed by atoms with E-state index in [0.29, 0.717) is 10.8 Å². The average molecular weight is 430 g/mol. The molecular weight excluding hydrogens is 403 g/mol. The van der Waals surface area contributed by atoms with Gasteiger partial charge < -0.3 is 9.84 Å². The molecule has 1 heterocycles. The minimum atomic E-state index is -0.152. The third kappa shape index (κ3) is 2.58. The topological polar surface area (TPSA) is 47.3 Å². The first-order valence-electron chi connectivity index (χ1n) is 8.63. The Morgan fingerprint density at radius 3 is 2.35 bits per heavy atom. The number of aliphatic hydroxyl groups is 1. The molecule has 4 aliphatic rings. The van der Waals surface area contributed by atoms with Crippen molar-refractivity contribution in [1.29, 1.82) is 0 Å². The lowest BCUT2D eigenvalue weighted by molar-refractivity contribution is -0.265. The van der Waals surface area contributed by atoms with Gasteiger partial charge in [-0.25, -0.2) is 0 Å². The van der Waals surface area contributed by atoms with E-state index in [1.54, 1.807) is 0 Å². The summed E-state index contributed by atoms with van der Waals surface area (Å²) in [6.07, 6.45) is 9.08. The van der Waals surface area contributed by atoms with Crippen LogP contribution in [0.15, 0.2) is 6.20 Å². The van der Waals surface area contributed by atoms with Crippen LogP contribution in [0, 0.1) is 26.7 Å². The summed E-state index contributed by atoms with van der Waals surface area (Å²) in [7, 11) is 0. The van der Waals surface area contributed by atoms with Gasteiger partial charge >= 0.3 is 0 Å². The van der Waals surface area contributed by atoms with Gasteiger partial charge in [0, 0.05) is 12.2 Å². The summed E-state index contributed by atoms with van der Waals surface area (Å²) >= 11 is 2.37. The molecule has 0 aliphatic heterocycles. The second-order valence-electron chi connectivity index (χ2n) is 9.37. The number of hydrogen-bond acceptors (Lipinski definition) is 3. The standard InChI is InChI=1S/C18H27IN2O2/c1-13-14(19)4-20-21(13)11-17-6-15(2)5-16(3,7-17)9-18(8-15,10-17)23-12-22/h4,22H,5-12H2,1-3H3. The Hall–Kier alpha value is -0.140. The molecule has 0 saturated heterocycles. The van der Waals surface area contributed by atoms with Crippen LogP contribution in [-0.4, -0.2) is 27.3 Å². The Balaban J connectivity index is 1.72. The number of halogens is 1. The van der Waals surface area contributed by atoms with Crippen molar-refractivity contribution in [2.75, 3.05) is 6.79 Å². The molecular formula is C18H27IN2O2.